The van der Waals surface area contributed by atoms with Crippen molar-refractivity contribution in [1.29, 1.82) is 0 Å². The second-order valence-electron chi connectivity index (χ2n) is 7.30. The van der Waals surface area contributed by atoms with Crippen LogP contribution in [0.4, 0.5) is 0 Å². The highest BCUT2D eigenvalue weighted by Crippen LogP contribution is 2.34. The number of benzene rings is 1. The zero-order valence-corrected chi connectivity index (χ0v) is 18.4. The molecule has 1 aromatic rings. The molecule has 0 spiro atoms. The molecule has 0 bridgehead atoms. The highest BCUT2D eigenvalue weighted by atomic mass is 32.2. The van der Waals surface area contributed by atoms with Gasteiger partial charge in [0.25, 0.3) is 10.2 Å². The third-order valence-corrected chi connectivity index (χ3v) is 7.11. The summed E-state index contributed by atoms with van der Waals surface area (Å²) < 4.78 is 44.9. The van der Waals surface area contributed by atoms with Gasteiger partial charge in [-0.1, -0.05) is 6.07 Å². The van der Waals surface area contributed by atoms with Crippen LogP contribution in [0, 0.1) is 0 Å². The number of carbonyl (C=O) groups excluding carboxylic acids is 1. The number of nitrogens with zero attached hydrogens (tertiary/aromatic N) is 2. The van der Waals surface area contributed by atoms with Gasteiger partial charge in [-0.25, -0.2) is 0 Å². The first-order chi connectivity index (χ1) is 14.4. The van der Waals surface area contributed by atoms with E-state index in [9.17, 15) is 13.2 Å². The second kappa shape index (κ2) is 9.92. The van der Waals surface area contributed by atoms with Crippen LogP contribution in [0.15, 0.2) is 18.2 Å². The van der Waals surface area contributed by atoms with Crippen LogP contribution in [0.5, 0.6) is 11.5 Å². The Morgan fingerprint density at radius 3 is 2.60 bits per heavy atom. The molecule has 2 saturated heterocycles. The number of rotatable bonds is 7. The Kier molecular flexibility index (Phi) is 7.53. The molecule has 10 nitrogen and oxygen atoms in total. The normalized spacial score (nSPS) is 24.9. The van der Waals surface area contributed by atoms with Crippen molar-refractivity contribution in [3.8, 4) is 11.5 Å². The van der Waals surface area contributed by atoms with Crippen molar-refractivity contribution in [2.24, 2.45) is 0 Å². The minimum absolute atomic E-state index is 0.300. The molecule has 3 rings (SSSR count). The minimum atomic E-state index is -3.81. The number of morpholine rings is 1. The smallest absolute Gasteiger partial charge is 0.280 e. The maximum Gasteiger partial charge on any atom is 0.280 e. The van der Waals surface area contributed by atoms with Crippen molar-refractivity contribution >= 4 is 16.1 Å². The summed E-state index contributed by atoms with van der Waals surface area (Å²) in [6.45, 7) is 4.21. The molecule has 2 fully saturated rings. The molecule has 1 amide bonds. The van der Waals surface area contributed by atoms with Gasteiger partial charge in [0.2, 0.25) is 5.91 Å². The summed E-state index contributed by atoms with van der Waals surface area (Å²) in [6.07, 6.45) is 0.300. The van der Waals surface area contributed by atoms with Gasteiger partial charge >= 0.3 is 0 Å². The van der Waals surface area contributed by atoms with E-state index < -0.39 is 22.3 Å². The Bertz CT molecular complexity index is 843. The molecule has 0 aromatic heterocycles. The average Bonchev–Trinajstić information content (AvgIpc) is 2.75. The predicted molar refractivity (Wildman–Crippen MR) is 111 cm³/mol. The Hall–Kier alpha value is -1.92. The van der Waals surface area contributed by atoms with Gasteiger partial charge in [0.05, 0.1) is 33.5 Å². The first-order valence-corrected chi connectivity index (χ1v) is 11.3. The van der Waals surface area contributed by atoms with E-state index in [0.29, 0.717) is 49.8 Å². The molecule has 30 heavy (non-hydrogen) atoms. The van der Waals surface area contributed by atoms with Gasteiger partial charge < -0.3 is 19.5 Å². The van der Waals surface area contributed by atoms with E-state index >= 15 is 0 Å². The molecule has 0 saturated carbocycles. The van der Waals surface area contributed by atoms with Gasteiger partial charge in [-0.2, -0.15) is 17.4 Å². The van der Waals surface area contributed by atoms with E-state index in [1.165, 1.54) is 21.3 Å². The Morgan fingerprint density at radius 1 is 1.23 bits per heavy atom. The topological polar surface area (TPSA) is 109 Å². The lowest BCUT2D eigenvalue weighted by atomic mass is 9.99. The van der Waals surface area contributed by atoms with Crippen molar-refractivity contribution < 1.29 is 27.4 Å². The second-order valence-corrected chi connectivity index (χ2v) is 9.06. The molecular formula is C19H30N4O6S. The van der Waals surface area contributed by atoms with Gasteiger partial charge in [-0.05, 0) is 24.1 Å². The molecular weight excluding hydrogens is 412 g/mol. The Morgan fingerprint density at radius 2 is 1.93 bits per heavy atom. The number of carbonyl (C=O) groups is 1. The standard InChI is InChI=1S/C19H30N4O6S/c1-22-16(19(24)20-6-7-23-8-10-29-11-9-23)13-15(21-30(22,25)26)14-4-5-17(27-2)18(12-14)28-3/h4-5,12,15-16,21H,6-11,13H2,1-3H3,(H,20,24)/t15-,16+/m0/s1. The first-order valence-electron chi connectivity index (χ1n) is 9.90. The maximum absolute atomic E-state index is 12.8. The number of amides is 1. The van der Waals surface area contributed by atoms with Crippen LogP contribution in [0.25, 0.3) is 0 Å². The van der Waals surface area contributed by atoms with E-state index in [2.05, 4.69) is 14.9 Å². The van der Waals surface area contributed by atoms with E-state index in [0.717, 1.165) is 17.4 Å². The Balaban J connectivity index is 1.69. The molecule has 2 heterocycles. The van der Waals surface area contributed by atoms with Crippen molar-refractivity contribution in [2.75, 3.05) is 60.7 Å². The van der Waals surface area contributed by atoms with Crippen LogP contribution in [0.3, 0.4) is 0 Å². The zero-order valence-electron chi connectivity index (χ0n) is 17.6. The fourth-order valence-electron chi connectivity index (χ4n) is 3.68. The van der Waals surface area contributed by atoms with Crippen LogP contribution in [0.2, 0.25) is 0 Å². The lowest BCUT2D eigenvalue weighted by molar-refractivity contribution is -0.125. The third-order valence-electron chi connectivity index (χ3n) is 5.51. The lowest BCUT2D eigenvalue weighted by Gasteiger charge is -2.36. The number of ether oxygens (including phenoxy) is 3. The van der Waals surface area contributed by atoms with Crippen molar-refractivity contribution in [3.63, 3.8) is 0 Å². The number of methoxy groups -OCH3 is 2. The summed E-state index contributed by atoms with van der Waals surface area (Å²) in [4.78, 5) is 15.0. The molecule has 11 heteroatoms. The molecule has 2 aliphatic heterocycles. The van der Waals surface area contributed by atoms with E-state index in [1.54, 1.807) is 18.2 Å². The summed E-state index contributed by atoms with van der Waals surface area (Å²) in [5.41, 5.74) is 0.704. The number of hydrogen-bond acceptors (Lipinski definition) is 7. The monoisotopic (exact) mass is 442 g/mol. The average molecular weight is 443 g/mol. The minimum Gasteiger partial charge on any atom is -0.493 e. The van der Waals surface area contributed by atoms with Crippen LogP contribution in [-0.2, 0) is 19.7 Å². The van der Waals surface area contributed by atoms with Crippen LogP contribution >= 0.6 is 0 Å². The van der Waals surface area contributed by atoms with Crippen molar-refractivity contribution in [1.82, 2.24) is 19.2 Å². The van der Waals surface area contributed by atoms with Gasteiger partial charge in [0.15, 0.2) is 11.5 Å². The Labute approximate surface area is 177 Å². The fraction of sp³-hybridized carbons (Fsp3) is 0.632. The van der Waals surface area contributed by atoms with E-state index in [1.807, 2.05) is 0 Å². The summed E-state index contributed by atoms with van der Waals surface area (Å²) in [5, 5.41) is 2.88. The summed E-state index contributed by atoms with van der Waals surface area (Å²) in [6, 6.07) is 3.86. The van der Waals surface area contributed by atoms with Gasteiger partial charge in [0, 0.05) is 33.2 Å². The third kappa shape index (κ3) is 5.22. The molecule has 2 N–H and O–H groups in total. The molecule has 2 aliphatic rings. The number of hydrogen-bond donors (Lipinski definition) is 2. The van der Waals surface area contributed by atoms with Crippen molar-refractivity contribution in [3.05, 3.63) is 23.8 Å². The maximum atomic E-state index is 12.8. The molecule has 1 aromatic carbocycles. The van der Waals surface area contributed by atoms with Crippen LogP contribution in [0.1, 0.15) is 18.0 Å². The summed E-state index contributed by atoms with van der Waals surface area (Å²) >= 11 is 0. The molecule has 0 aliphatic carbocycles. The molecule has 0 radical (unpaired) electrons. The molecule has 0 unspecified atom stereocenters. The first kappa shape index (κ1) is 22.8. The largest absolute Gasteiger partial charge is 0.493 e. The van der Waals surface area contributed by atoms with E-state index in [-0.39, 0.29) is 5.91 Å². The quantitative estimate of drug-likeness (QED) is 0.598. The summed E-state index contributed by atoms with van der Waals surface area (Å²) in [7, 11) is 0.660. The fourth-order valence-corrected chi connectivity index (χ4v) is 4.95. The lowest BCUT2D eigenvalue weighted by Crippen LogP contribution is -2.57. The molecule has 168 valence electrons. The van der Waals surface area contributed by atoms with Crippen LogP contribution in [-0.4, -0.2) is 90.2 Å². The van der Waals surface area contributed by atoms with Gasteiger partial charge in [-0.3, -0.25) is 9.69 Å². The zero-order chi connectivity index (χ0) is 21.7. The highest BCUT2D eigenvalue weighted by Gasteiger charge is 2.40. The van der Waals surface area contributed by atoms with Gasteiger partial charge in [0.1, 0.15) is 6.04 Å². The van der Waals surface area contributed by atoms with Crippen molar-refractivity contribution in [2.45, 2.75) is 18.5 Å². The summed E-state index contributed by atoms with van der Waals surface area (Å²) in [5.74, 6) is 0.746. The predicted octanol–water partition coefficient (Wildman–Crippen LogP) is -0.268. The number of nitrogens with one attached hydrogen (secondary N) is 2. The highest BCUT2D eigenvalue weighted by molar-refractivity contribution is 7.87. The van der Waals surface area contributed by atoms with E-state index in [4.69, 9.17) is 14.2 Å². The SMILES string of the molecule is COc1ccc([C@@H]2C[C@H](C(=O)NCCN3CCOCC3)N(C)S(=O)(=O)N2)cc1OC. The number of likely N-dealkylation sites (N-methyl/N-ethyl adjacent to an activating group) is 1. The molecule has 2 atom stereocenters. The van der Waals surface area contributed by atoms with Gasteiger partial charge in [-0.15, -0.1) is 0 Å². The van der Waals surface area contributed by atoms with Crippen LogP contribution < -0.4 is 19.5 Å².